The maximum Gasteiger partial charge on any atom is 0.436 e. The fraction of sp³-hybridized carbons (Fsp3) is 0.286. The van der Waals surface area contributed by atoms with Gasteiger partial charge in [-0.05, 0) is 18.1 Å². The molecule has 0 aliphatic rings. The number of hydrogen-bond donors (Lipinski definition) is 0. The summed E-state index contributed by atoms with van der Waals surface area (Å²) in [7, 11) is -3.10. The number of sulfone groups is 1. The molecule has 23 heavy (non-hydrogen) atoms. The van der Waals surface area contributed by atoms with Gasteiger partial charge < -0.3 is 0 Å². The maximum atomic E-state index is 12.9. The molecule has 2 aromatic rings. The molecule has 1 heterocycles. The zero-order valence-corrected chi connectivity index (χ0v) is 13.0. The summed E-state index contributed by atoms with van der Waals surface area (Å²) in [6.45, 7) is 1.69. The Morgan fingerprint density at radius 2 is 1.91 bits per heavy atom. The van der Waals surface area contributed by atoms with Gasteiger partial charge in [-0.15, -0.1) is 0 Å². The number of hydrogen-bond acceptors (Lipinski definition) is 4. The zero-order chi connectivity index (χ0) is 17.4. The Labute approximate surface area is 130 Å². The maximum absolute atomic E-state index is 12.9. The van der Waals surface area contributed by atoms with Crippen molar-refractivity contribution in [2.24, 2.45) is 7.05 Å². The van der Waals surface area contributed by atoms with Gasteiger partial charge in [-0.25, -0.2) is 8.42 Å². The summed E-state index contributed by atoms with van der Waals surface area (Å²) in [4.78, 5) is 0. The van der Waals surface area contributed by atoms with Gasteiger partial charge in [-0.3, -0.25) is 4.68 Å². The topological polar surface area (TPSA) is 75.8 Å². The smallest absolute Gasteiger partial charge is 0.255 e. The monoisotopic (exact) mass is 343 g/mol. The summed E-state index contributed by atoms with van der Waals surface area (Å²) in [5.41, 5.74) is -1.33. The predicted molar refractivity (Wildman–Crippen MR) is 75.0 cm³/mol. The quantitative estimate of drug-likeness (QED) is 0.858. The minimum atomic E-state index is -4.90. The van der Waals surface area contributed by atoms with Crippen LogP contribution in [0.5, 0.6) is 0 Å². The molecular weight excluding hydrogens is 331 g/mol. The number of aromatic nitrogens is 2. The van der Waals surface area contributed by atoms with E-state index in [-0.39, 0.29) is 0 Å². The van der Waals surface area contributed by atoms with Crippen LogP contribution >= 0.6 is 0 Å². The highest BCUT2D eigenvalue weighted by Crippen LogP contribution is 2.34. The van der Waals surface area contributed by atoms with E-state index in [0.29, 0.717) is 15.8 Å². The zero-order valence-electron chi connectivity index (χ0n) is 12.2. The van der Waals surface area contributed by atoms with Crippen molar-refractivity contribution in [3.05, 3.63) is 46.6 Å². The third-order valence-electron chi connectivity index (χ3n) is 3.28. The Bertz CT molecular complexity index is 893. The van der Waals surface area contributed by atoms with E-state index in [2.05, 4.69) is 5.10 Å². The van der Waals surface area contributed by atoms with E-state index in [4.69, 9.17) is 5.26 Å². The molecule has 5 nitrogen and oxygen atoms in total. The van der Waals surface area contributed by atoms with Gasteiger partial charge in [0.2, 0.25) is 9.84 Å². The molecule has 0 fully saturated rings. The molecule has 0 saturated carbocycles. The molecule has 0 saturated heterocycles. The van der Waals surface area contributed by atoms with Crippen LogP contribution in [0, 0.1) is 18.3 Å². The summed E-state index contributed by atoms with van der Waals surface area (Å²) < 4.78 is 64.3. The van der Waals surface area contributed by atoms with E-state index in [9.17, 15) is 21.6 Å². The van der Waals surface area contributed by atoms with Crippen LogP contribution in [0.1, 0.15) is 22.4 Å². The first kappa shape index (κ1) is 17.0. The van der Waals surface area contributed by atoms with Gasteiger partial charge in [0.1, 0.15) is 11.6 Å². The Morgan fingerprint density at radius 3 is 2.43 bits per heavy atom. The summed E-state index contributed by atoms with van der Waals surface area (Å²) in [5, 5.41) is 11.4. The fourth-order valence-corrected chi connectivity index (χ4v) is 3.98. The van der Waals surface area contributed by atoms with E-state index in [1.54, 1.807) is 31.2 Å². The van der Waals surface area contributed by atoms with Gasteiger partial charge in [-0.2, -0.15) is 23.5 Å². The molecule has 0 radical (unpaired) electrons. The largest absolute Gasteiger partial charge is 0.436 e. The van der Waals surface area contributed by atoms with Crippen molar-refractivity contribution < 1.29 is 21.6 Å². The van der Waals surface area contributed by atoms with Crippen LogP contribution in [0.3, 0.4) is 0 Å². The number of nitriles is 1. The molecule has 0 spiro atoms. The number of aryl methyl sites for hydroxylation is 2. The van der Waals surface area contributed by atoms with Crippen molar-refractivity contribution in [3.8, 4) is 6.07 Å². The molecule has 0 unspecified atom stereocenters. The van der Waals surface area contributed by atoms with Crippen LogP contribution in [-0.4, -0.2) is 18.2 Å². The van der Waals surface area contributed by atoms with E-state index in [0.717, 1.165) is 7.05 Å². The molecule has 1 aromatic heterocycles. The number of nitrogens with zero attached hydrogens (tertiary/aromatic N) is 3. The van der Waals surface area contributed by atoms with Crippen LogP contribution in [0.2, 0.25) is 0 Å². The van der Waals surface area contributed by atoms with Gasteiger partial charge in [-0.1, -0.05) is 24.3 Å². The Kier molecular flexibility index (Phi) is 4.22. The van der Waals surface area contributed by atoms with E-state index in [1.165, 1.54) is 6.07 Å². The first-order chi connectivity index (χ1) is 10.6. The number of rotatable bonds is 3. The first-order valence-electron chi connectivity index (χ1n) is 6.39. The van der Waals surface area contributed by atoms with Crippen LogP contribution in [0.15, 0.2) is 29.3 Å². The Hall–Kier alpha value is -2.34. The molecule has 1 aromatic carbocycles. The van der Waals surface area contributed by atoms with Crippen LogP contribution in [0.4, 0.5) is 13.2 Å². The predicted octanol–water partition coefficient (Wildman–Crippen LogP) is 2.59. The molecule has 2 rings (SSSR count). The first-order valence-corrected chi connectivity index (χ1v) is 8.04. The van der Waals surface area contributed by atoms with Crippen molar-refractivity contribution in [2.75, 3.05) is 0 Å². The van der Waals surface area contributed by atoms with Gasteiger partial charge in [0.05, 0.1) is 5.75 Å². The lowest BCUT2D eigenvalue weighted by Crippen LogP contribution is -2.12. The molecule has 9 heteroatoms. The normalized spacial score (nSPS) is 12.2. The highest BCUT2D eigenvalue weighted by Gasteiger charge is 2.41. The third kappa shape index (κ3) is 3.22. The van der Waals surface area contributed by atoms with Gasteiger partial charge in [0.15, 0.2) is 10.7 Å². The van der Waals surface area contributed by atoms with E-state index < -0.39 is 38.0 Å². The molecule has 0 amide bonds. The lowest BCUT2D eigenvalue weighted by Gasteiger charge is -2.08. The molecule has 0 aliphatic heterocycles. The molecule has 0 N–H and O–H groups in total. The SMILES string of the molecule is Cc1ccccc1CS(=O)(=O)c1c(C#N)c(C(F)(F)F)nn1C. The lowest BCUT2D eigenvalue weighted by atomic mass is 10.1. The average molecular weight is 343 g/mol. The van der Waals surface area contributed by atoms with Crippen molar-refractivity contribution in [1.29, 1.82) is 5.26 Å². The van der Waals surface area contributed by atoms with Crippen molar-refractivity contribution in [3.63, 3.8) is 0 Å². The molecule has 122 valence electrons. The molecule has 0 bridgehead atoms. The molecule has 0 atom stereocenters. The highest BCUT2D eigenvalue weighted by molar-refractivity contribution is 7.90. The standard InChI is InChI=1S/C14H12F3N3O2S/c1-9-5-3-4-6-10(9)8-23(21,22)13-11(7-18)12(14(15,16)17)19-20(13)2/h3-6H,8H2,1-2H3. The Morgan fingerprint density at radius 1 is 1.30 bits per heavy atom. The number of alkyl halides is 3. The minimum absolute atomic E-state index is 0.450. The van der Waals surface area contributed by atoms with Crippen LogP contribution in [-0.2, 0) is 28.8 Å². The number of benzene rings is 1. The summed E-state index contributed by atoms with van der Waals surface area (Å²) in [6.07, 6.45) is -4.90. The van der Waals surface area contributed by atoms with E-state index in [1.807, 2.05) is 0 Å². The average Bonchev–Trinajstić information content (AvgIpc) is 2.79. The summed E-state index contributed by atoms with van der Waals surface area (Å²) in [6, 6.07) is 7.93. The Balaban J connectivity index is 2.60. The minimum Gasteiger partial charge on any atom is -0.255 e. The van der Waals surface area contributed by atoms with Crippen molar-refractivity contribution in [2.45, 2.75) is 23.9 Å². The summed E-state index contributed by atoms with van der Waals surface area (Å²) in [5.74, 6) is -0.509. The summed E-state index contributed by atoms with van der Waals surface area (Å²) >= 11 is 0. The van der Waals surface area contributed by atoms with Crippen molar-refractivity contribution in [1.82, 2.24) is 9.78 Å². The third-order valence-corrected chi connectivity index (χ3v) is 5.02. The van der Waals surface area contributed by atoms with Crippen molar-refractivity contribution >= 4 is 9.84 Å². The second-order valence-electron chi connectivity index (χ2n) is 4.95. The second-order valence-corrected chi connectivity index (χ2v) is 6.85. The highest BCUT2D eigenvalue weighted by atomic mass is 32.2. The van der Waals surface area contributed by atoms with Gasteiger partial charge in [0, 0.05) is 7.05 Å². The second kappa shape index (κ2) is 5.70. The van der Waals surface area contributed by atoms with Gasteiger partial charge in [0.25, 0.3) is 0 Å². The lowest BCUT2D eigenvalue weighted by molar-refractivity contribution is -0.141. The molecule has 0 aliphatic carbocycles. The van der Waals surface area contributed by atoms with Crippen LogP contribution in [0.25, 0.3) is 0 Å². The fourth-order valence-electron chi connectivity index (χ4n) is 2.21. The van der Waals surface area contributed by atoms with Gasteiger partial charge >= 0.3 is 6.18 Å². The molecular formula is C14H12F3N3O2S. The van der Waals surface area contributed by atoms with Crippen LogP contribution < -0.4 is 0 Å². The number of halogens is 3. The van der Waals surface area contributed by atoms with E-state index >= 15 is 0 Å².